The highest BCUT2D eigenvalue weighted by atomic mass is 79.9. The zero-order chi connectivity index (χ0) is 14.4. The van der Waals surface area contributed by atoms with Crippen LogP contribution in [0.15, 0.2) is 34.9 Å². The first-order valence-corrected chi connectivity index (χ1v) is 7.19. The van der Waals surface area contributed by atoms with Crippen LogP contribution >= 0.6 is 15.9 Å². The van der Waals surface area contributed by atoms with Gasteiger partial charge in [-0.25, -0.2) is 4.98 Å². The number of hydrogen-bond acceptors (Lipinski definition) is 5. The van der Waals surface area contributed by atoms with Crippen molar-refractivity contribution in [2.45, 2.75) is 13.3 Å². The number of rotatable bonds is 6. The number of nitrogens with zero attached hydrogens (tertiary/aromatic N) is 2. The average molecular weight is 337 g/mol. The number of halogens is 1. The normalized spacial score (nSPS) is 10.2. The second-order valence-electron chi connectivity index (χ2n) is 4.16. The van der Waals surface area contributed by atoms with Crippen molar-refractivity contribution in [1.29, 1.82) is 0 Å². The van der Waals surface area contributed by atoms with Crippen LogP contribution in [0.2, 0.25) is 0 Å². The molecule has 0 saturated heterocycles. The minimum atomic E-state index is 0.616. The van der Waals surface area contributed by atoms with E-state index >= 15 is 0 Å². The van der Waals surface area contributed by atoms with Crippen LogP contribution in [0.4, 0.5) is 17.5 Å². The molecule has 2 aromatic rings. The Hall–Kier alpha value is -1.82. The summed E-state index contributed by atoms with van der Waals surface area (Å²) in [5.41, 5.74) is 0.849. The summed E-state index contributed by atoms with van der Waals surface area (Å²) >= 11 is 3.45. The Balaban J connectivity index is 2.19. The van der Waals surface area contributed by atoms with Gasteiger partial charge in [-0.1, -0.05) is 22.9 Å². The van der Waals surface area contributed by atoms with Crippen LogP contribution in [0, 0.1) is 0 Å². The summed E-state index contributed by atoms with van der Waals surface area (Å²) in [7, 11) is 1.64. The monoisotopic (exact) mass is 336 g/mol. The van der Waals surface area contributed by atoms with Crippen LogP contribution < -0.4 is 15.4 Å². The Kier molecular flexibility index (Phi) is 5.17. The Morgan fingerprint density at radius 3 is 2.90 bits per heavy atom. The molecule has 0 spiro atoms. The molecule has 20 heavy (non-hydrogen) atoms. The minimum Gasteiger partial charge on any atom is -0.495 e. The molecule has 0 unspecified atom stereocenters. The van der Waals surface area contributed by atoms with Crippen molar-refractivity contribution in [2.24, 2.45) is 0 Å². The number of nitrogens with one attached hydrogen (secondary N) is 2. The lowest BCUT2D eigenvalue weighted by molar-refractivity contribution is 0.416. The van der Waals surface area contributed by atoms with E-state index in [2.05, 4.69) is 43.5 Å². The fourth-order valence-electron chi connectivity index (χ4n) is 1.67. The molecule has 6 heteroatoms. The Labute approximate surface area is 126 Å². The molecule has 0 saturated carbocycles. The van der Waals surface area contributed by atoms with Gasteiger partial charge in [-0.15, -0.1) is 0 Å². The SMILES string of the molecule is CCCNc1nccc(Nc2cc(Br)ccc2OC)n1. The van der Waals surface area contributed by atoms with E-state index in [1.807, 2.05) is 24.3 Å². The number of benzene rings is 1. The van der Waals surface area contributed by atoms with Gasteiger partial charge in [0.15, 0.2) is 0 Å². The van der Waals surface area contributed by atoms with E-state index in [9.17, 15) is 0 Å². The van der Waals surface area contributed by atoms with Crippen LogP contribution in [0.25, 0.3) is 0 Å². The molecule has 1 heterocycles. The molecule has 0 aliphatic carbocycles. The van der Waals surface area contributed by atoms with Gasteiger partial charge in [0.2, 0.25) is 5.95 Å². The molecule has 0 amide bonds. The largest absolute Gasteiger partial charge is 0.495 e. The van der Waals surface area contributed by atoms with E-state index in [-0.39, 0.29) is 0 Å². The highest BCUT2D eigenvalue weighted by molar-refractivity contribution is 9.10. The molecular formula is C14H17BrN4O. The predicted octanol–water partition coefficient (Wildman–Crippen LogP) is 3.81. The van der Waals surface area contributed by atoms with Crippen molar-refractivity contribution in [2.75, 3.05) is 24.3 Å². The Morgan fingerprint density at radius 2 is 2.15 bits per heavy atom. The molecule has 0 radical (unpaired) electrons. The topological polar surface area (TPSA) is 59.1 Å². The molecule has 106 valence electrons. The highest BCUT2D eigenvalue weighted by Gasteiger charge is 2.05. The summed E-state index contributed by atoms with van der Waals surface area (Å²) in [4.78, 5) is 8.58. The van der Waals surface area contributed by atoms with Crippen LogP contribution in [-0.2, 0) is 0 Å². The van der Waals surface area contributed by atoms with Gasteiger partial charge in [0.1, 0.15) is 11.6 Å². The number of methoxy groups -OCH3 is 1. The quantitative estimate of drug-likeness (QED) is 0.839. The zero-order valence-corrected chi connectivity index (χ0v) is 13.1. The van der Waals surface area contributed by atoms with Crippen molar-refractivity contribution in [3.63, 3.8) is 0 Å². The summed E-state index contributed by atoms with van der Waals surface area (Å²) in [6.07, 6.45) is 2.75. The van der Waals surface area contributed by atoms with Crippen molar-refractivity contribution in [3.8, 4) is 5.75 Å². The van der Waals surface area contributed by atoms with E-state index < -0.39 is 0 Å². The average Bonchev–Trinajstić information content (AvgIpc) is 2.46. The number of aromatic nitrogens is 2. The standard InChI is InChI=1S/C14H17BrN4O/c1-3-7-16-14-17-8-6-13(19-14)18-11-9-10(15)4-5-12(11)20-2/h4-6,8-9H,3,7H2,1-2H3,(H2,16,17,18,19). The van der Waals surface area contributed by atoms with Crippen molar-refractivity contribution < 1.29 is 4.74 Å². The fourth-order valence-corrected chi connectivity index (χ4v) is 2.03. The number of anilines is 3. The van der Waals surface area contributed by atoms with Gasteiger partial charge in [0.25, 0.3) is 0 Å². The summed E-state index contributed by atoms with van der Waals surface area (Å²) in [6, 6.07) is 7.58. The third-order valence-electron chi connectivity index (χ3n) is 2.61. The molecule has 5 nitrogen and oxygen atoms in total. The molecule has 0 atom stereocenters. The minimum absolute atomic E-state index is 0.616. The van der Waals surface area contributed by atoms with E-state index in [4.69, 9.17) is 4.74 Å². The van der Waals surface area contributed by atoms with Gasteiger partial charge in [-0.05, 0) is 30.7 Å². The summed E-state index contributed by atoms with van der Waals surface area (Å²) < 4.78 is 6.30. The first-order chi connectivity index (χ1) is 9.72. The smallest absolute Gasteiger partial charge is 0.224 e. The zero-order valence-electron chi connectivity index (χ0n) is 11.5. The molecule has 0 bridgehead atoms. The van der Waals surface area contributed by atoms with Gasteiger partial charge < -0.3 is 15.4 Å². The van der Waals surface area contributed by atoms with E-state index in [0.29, 0.717) is 5.95 Å². The molecule has 0 aliphatic rings. The van der Waals surface area contributed by atoms with Crippen molar-refractivity contribution in [3.05, 3.63) is 34.9 Å². The van der Waals surface area contributed by atoms with E-state index in [1.54, 1.807) is 13.3 Å². The van der Waals surface area contributed by atoms with Crippen molar-refractivity contribution in [1.82, 2.24) is 9.97 Å². The van der Waals surface area contributed by atoms with Gasteiger partial charge >= 0.3 is 0 Å². The maximum atomic E-state index is 5.33. The maximum absolute atomic E-state index is 5.33. The van der Waals surface area contributed by atoms with Crippen LogP contribution in [0.3, 0.4) is 0 Å². The van der Waals surface area contributed by atoms with Crippen LogP contribution in [0.1, 0.15) is 13.3 Å². The Bertz CT molecular complexity index is 577. The number of hydrogen-bond donors (Lipinski definition) is 2. The third kappa shape index (κ3) is 3.84. The molecule has 2 rings (SSSR count). The predicted molar refractivity (Wildman–Crippen MR) is 84.8 cm³/mol. The lowest BCUT2D eigenvalue weighted by Crippen LogP contribution is -2.05. The van der Waals surface area contributed by atoms with Gasteiger partial charge in [0, 0.05) is 17.2 Å². The van der Waals surface area contributed by atoms with Gasteiger partial charge in [-0.2, -0.15) is 4.98 Å². The lowest BCUT2D eigenvalue weighted by Gasteiger charge is -2.11. The molecular weight excluding hydrogens is 320 g/mol. The van der Waals surface area contributed by atoms with Crippen molar-refractivity contribution >= 4 is 33.4 Å². The lowest BCUT2D eigenvalue weighted by atomic mass is 10.3. The third-order valence-corrected chi connectivity index (χ3v) is 3.11. The first-order valence-electron chi connectivity index (χ1n) is 6.40. The van der Waals surface area contributed by atoms with Crippen LogP contribution in [0.5, 0.6) is 5.75 Å². The molecule has 0 fully saturated rings. The first kappa shape index (κ1) is 14.6. The van der Waals surface area contributed by atoms with Crippen LogP contribution in [-0.4, -0.2) is 23.6 Å². The van der Waals surface area contributed by atoms with E-state index in [1.165, 1.54) is 0 Å². The fraction of sp³-hybridized carbons (Fsp3) is 0.286. The highest BCUT2D eigenvalue weighted by Crippen LogP contribution is 2.30. The molecule has 1 aromatic heterocycles. The Morgan fingerprint density at radius 1 is 1.30 bits per heavy atom. The maximum Gasteiger partial charge on any atom is 0.224 e. The second kappa shape index (κ2) is 7.09. The number of ether oxygens (including phenoxy) is 1. The summed E-state index contributed by atoms with van der Waals surface area (Å²) in [5, 5.41) is 6.39. The van der Waals surface area contributed by atoms with Gasteiger partial charge in [0.05, 0.1) is 12.8 Å². The summed E-state index contributed by atoms with van der Waals surface area (Å²) in [5.74, 6) is 2.09. The molecule has 0 aliphatic heterocycles. The second-order valence-corrected chi connectivity index (χ2v) is 5.08. The molecule has 1 aromatic carbocycles. The summed E-state index contributed by atoms with van der Waals surface area (Å²) in [6.45, 7) is 2.95. The van der Waals surface area contributed by atoms with Gasteiger partial charge in [-0.3, -0.25) is 0 Å². The van der Waals surface area contributed by atoms with E-state index in [0.717, 1.165) is 34.7 Å². The molecule has 2 N–H and O–H groups in total.